The van der Waals surface area contributed by atoms with Crippen molar-refractivity contribution in [1.29, 1.82) is 0 Å². The Kier molecular flexibility index (Phi) is 17.2. The lowest BCUT2D eigenvalue weighted by Gasteiger charge is -2.37. The van der Waals surface area contributed by atoms with Crippen LogP contribution < -0.4 is 25.8 Å². The molecular formula is C39H49F6N3O7. The molecule has 0 radical (unpaired) electrons. The van der Waals surface area contributed by atoms with Crippen LogP contribution in [0.3, 0.4) is 0 Å². The fraction of sp³-hybridized carbons (Fsp3) is 0.487. The summed E-state index contributed by atoms with van der Waals surface area (Å²) in [4.78, 5) is 22.7. The van der Waals surface area contributed by atoms with Gasteiger partial charge in [-0.05, 0) is 91.4 Å². The number of halogens is 6. The van der Waals surface area contributed by atoms with Gasteiger partial charge in [0.2, 0.25) is 0 Å². The molecular weight excluding hydrogens is 736 g/mol. The molecule has 1 atom stereocenters. The SMILES string of the molecule is COc1ccc(C(OCC(O)COCC(CCCN)(CCCNC(=O)C(F)(F)F)CCCNC(=O)C(F)(F)F)(c2ccccc2)c2ccc(OC)cc2)cc1. The number of aliphatic hydroxyl groups excluding tert-OH is 1. The van der Waals surface area contributed by atoms with E-state index in [1.807, 2.05) is 65.2 Å². The van der Waals surface area contributed by atoms with Crippen LogP contribution in [-0.2, 0) is 24.7 Å². The highest BCUT2D eigenvalue weighted by Gasteiger charge is 2.41. The van der Waals surface area contributed by atoms with Crippen LogP contribution in [0.25, 0.3) is 0 Å². The van der Waals surface area contributed by atoms with E-state index in [-0.39, 0.29) is 65.1 Å². The first-order valence-electron chi connectivity index (χ1n) is 17.7. The first kappa shape index (κ1) is 45.0. The zero-order chi connectivity index (χ0) is 40.5. The zero-order valence-electron chi connectivity index (χ0n) is 30.8. The number of carbonyl (C=O) groups is 2. The van der Waals surface area contributed by atoms with Crippen molar-refractivity contribution < 1.29 is 60.0 Å². The standard InChI is InChI=1S/C39H49F6N3O7/c1-52-32-15-11-29(12-16-32)37(28-9-4-3-5-10-28,30-13-17-33(53-2)18-14-30)55-26-31(49)25-54-27-36(19-6-22-46,20-7-23-47-34(50)38(40,41)42)21-8-24-48-35(51)39(43,44)45/h3-5,9-18,31,49H,6-8,19-27,46H2,1-2H3,(H,47,50)(H,48,51). The zero-order valence-corrected chi connectivity index (χ0v) is 30.8. The number of nitrogens with two attached hydrogens (primary N) is 1. The molecule has 0 heterocycles. The third-order valence-corrected chi connectivity index (χ3v) is 9.15. The molecule has 3 rings (SSSR count). The average molecular weight is 786 g/mol. The van der Waals surface area contributed by atoms with E-state index in [2.05, 4.69) is 0 Å². The Morgan fingerprint density at radius 2 is 1.11 bits per heavy atom. The third kappa shape index (κ3) is 13.4. The van der Waals surface area contributed by atoms with Gasteiger partial charge in [0.15, 0.2) is 0 Å². The highest BCUT2D eigenvalue weighted by molar-refractivity contribution is 5.81. The number of hydrogen-bond donors (Lipinski definition) is 4. The predicted molar refractivity (Wildman–Crippen MR) is 192 cm³/mol. The van der Waals surface area contributed by atoms with E-state index in [1.54, 1.807) is 38.5 Å². The molecule has 0 bridgehead atoms. The van der Waals surface area contributed by atoms with Crippen molar-refractivity contribution in [1.82, 2.24) is 10.6 Å². The number of rotatable bonds is 23. The highest BCUT2D eigenvalue weighted by Crippen LogP contribution is 2.42. The maximum absolute atomic E-state index is 12.8. The van der Waals surface area contributed by atoms with Crippen molar-refractivity contribution in [3.63, 3.8) is 0 Å². The van der Waals surface area contributed by atoms with Gasteiger partial charge >= 0.3 is 24.2 Å². The van der Waals surface area contributed by atoms with E-state index >= 15 is 0 Å². The number of benzene rings is 3. The molecule has 0 aromatic heterocycles. The van der Waals surface area contributed by atoms with Crippen molar-refractivity contribution in [2.75, 3.05) is 53.7 Å². The van der Waals surface area contributed by atoms with Crippen molar-refractivity contribution in [2.45, 2.75) is 62.6 Å². The Balaban J connectivity index is 1.83. The minimum Gasteiger partial charge on any atom is -0.497 e. The smallest absolute Gasteiger partial charge is 0.471 e. The molecule has 1 unspecified atom stereocenters. The molecule has 0 saturated heterocycles. The molecule has 0 fully saturated rings. The fourth-order valence-corrected chi connectivity index (χ4v) is 6.35. The number of hydrogen-bond acceptors (Lipinski definition) is 8. The molecule has 3 aromatic carbocycles. The van der Waals surface area contributed by atoms with Gasteiger partial charge in [-0.1, -0.05) is 54.6 Å². The van der Waals surface area contributed by atoms with Crippen LogP contribution in [0.4, 0.5) is 26.3 Å². The van der Waals surface area contributed by atoms with Crippen LogP contribution in [0.1, 0.15) is 55.2 Å². The van der Waals surface area contributed by atoms with E-state index in [0.29, 0.717) is 24.3 Å². The molecule has 0 aliphatic rings. The Morgan fingerprint density at radius 1 is 0.673 bits per heavy atom. The Hall–Kier alpha value is -4.38. The molecule has 16 heteroatoms. The number of alkyl halides is 6. The quantitative estimate of drug-likeness (QED) is 0.0519. The predicted octanol–water partition coefficient (Wildman–Crippen LogP) is 6.03. The van der Waals surface area contributed by atoms with Crippen molar-refractivity contribution >= 4 is 11.8 Å². The maximum atomic E-state index is 12.8. The highest BCUT2D eigenvalue weighted by atomic mass is 19.4. The number of methoxy groups -OCH3 is 2. The molecule has 0 aliphatic heterocycles. The topological polar surface area (TPSA) is 141 Å². The molecule has 304 valence electrons. The summed E-state index contributed by atoms with van der Waals surface area (Å²) in [7, 11) is 3.11. The number of carbonyl (C=O) groups excluding carboxylic acids is 2. The molecule has 3 aromatic rings. The maximum Gasteiger partial charge on any atom is 0.471 e. The normalized spacial score (nSPS) is 12.9. The average Bonchev–Trinajstić information content (AvgIpc) is 3.17. The van der Waals surface area contributed by atoms with E-state index in [1.165, 1.54) is 0 Å². The van der Waals surface area contributed by atoms with Crippen LogP contribution in [0.15, 0.2) is 78.9 Å². The molecule has 0 spiro atoms. The summed E-state index contributed by atoms with van der Waals surface area (Å²) in [6, 6.07) is 24.0. The summed E-state index contributed by atoms with van der Waals surface area (Å²) in [5.74, 6) is -2.94. The molecule has 5 N–H and O–H groups in total. The minimum atomic E-state index is -5.06. The molecule has 2 amide bonds. The lowest BCUT2D eigenvalue weighted by molar-refractivity contribution is -0.173. The third-order valence-electron chi connectivity index (χ3n) is 9.15. The van der Waals surface area contributed by atoms with Crippen LogP contribution in [-0.4, -0.2) is 89.1 Å². The van der Waals surface area contributed by atoms with Gasteiger partial charge in [-0.3, -0.25) is 9.59 Å². The monoisotopic (exact) mass is 785 g/mol. The van der Waals surface area contributed by atoms with E-state index in [4.69, 9.17) is 24.7 Å². The lowest BCUT2D eigenvalue weighted by atomic mass is 9.75. The largest absolute Gasteiger partial charge is 0.497 e. The first-order valence-corrected chi connectivity index (χ1v) is 17.7. The summed E-state index contributed by atoms with van der Waals surface area (Å²) in [5.41, 5.74) is 5.94. The van der Waals surface area contributed by atoms with Crippen molar-refractivity contribution in [3.8, 4) is 11.5 Å². The van der Waals surface area contributed by atoms with Gasteiger partial charge in [-0.15, -0.1) is 0 Å². The van der Waals surface area contributed by atoms with Gasteiger partial charge in [0, 0.05) is 13.1 Å². The van der Waals surface area contributed by atoms with Gasteiger partial charge in [-0.25, -0.2) is 0 Å². The minimum absolute atomic E-state index is 0.0503. The van der Waals surface area contributed by atoms with Crippen LogP contribution >= 0.6 is 0 Å². The molecule has 10 nitrogen and oxygen atoms in total. The van der Waals surface area contributed by atoms with E-state index < -0.39 is 41.3 Å². The second kappa shape index (κ2) is 21.1. The van der Waals surface area contributed by atoms with Gasteiger partial charge in [0.1, 0.15) is 23.2 Å². The van der Waals surface area contributed by atoms with Gasteiger partial charge in [0.05, 0.1) is 34.0 Å². The Morgan fingerprint density at radius 3 is 1.53 bits per heavy atom. The molecule has 0 aliphatic carbocycles. The Labute approximate surface area is 316 Å². The number of nitrogens with one attached hydrogen (secondary N) is 2. The fourth-order valence-electron chi connectivity index (χ4n) is 6.35. The van der Waals surface area contributed by atoms with Crippen LogP contribution in [0.2, 0.25) is 0 Å². The summed E-state index contributed by atoms with van der Waals surface area (Å²) in [5, 5.41) is 14.9. The van der Waals surface area contributed by atoms with E-state index in [0.717, 1.165) is 16.7 Å². The van der Waals surface area contributed by atoms with Crippen LogP contribution in [0, 0.1) is 5.41 Å². The molecule has 0 saturated carbocycles. The van der Waals surface area contributed by atoms with Gasteiger partial charge in [-0.2, -0.15) is 26.3 Å². The van der Waals surface area contributed by atoms with Crippen molar-refractivity contribution in [2.24, 2.45) is 11.1 Å². The second-order valence-corrected chi connectivity index (χ2v) is 13.1. The van der Waals surface area contributed by atoms with E-state index in [9.17, 15) is 41.0 Å². The molecule has 55 heavy (non-hydrogen) atoms. The number of aliphatic hydroxyl groups is 1. The Bertz CT molecular complexity index is 1510. The summed E-state index contributed by atoms with van der Waals surface area (Å²) in [6.45, 7) is -0.909. The first-order chi connectivity index (χ1) is 26.1. The number of ether oxygens (including phenoxy) is 4. The van der Waals surface area contributed by atoms with Gasteiger partial charge < -0.3 is 40.4 Å². The summed E-state index contributed by atoms with van der Waals surface area (Å²) >= 11 is 0. The van der Waals surface area contributed by atoms with Crippen LogP contribution in [0.5, 0.6) is 11.5 Å². The lowest BCUT2D eigenvalue weighted by Crippen LogP contribution is -2.39. The summed E-state index contributed by atoms with van der Waals surface area (Å²) in [6.07, 6.45) is -9.91. The summed E-state index contributed by atoms with van der Waals surface area (Å²) < 4.78 is 100. The van der Waals surface area contributed by atoms with Gasteiger partial charge in [0.25, 0.3) is 0 Å². The number of amides is 2. The second-order valence-electron chi connectivity index (χ2n) is 13.1. The van der Waals surface area contributed by atoms with Crippen molar-refractivity contribution in [3.05, 3.63) is 95.6 Å².